The standard InChI is InChI=1S/C26H31F2N5O/c1-17(2)33-12-8-19(9-13-33)18-4-6-21(7-5-18)26(10-3-11-26)14-22-29-15-20(16-30-22)24-31-32-25(34-24)23(27)28/h4-7,15-17,19,23H,3,8-14H2,1-2H3. The topological polar surface area (TPSA) is 67.9 Å². The minimum atomic E-state index is -2.79. The number of rotatable bonds is 7. The number of benzene rings is 1. The molecule has 3 heterocycles. The fraction of sp³-hybridized carbons (Fsp3) is 0.538. The van der Waals surface area contributed by atoms with E-state index in [1.165, 1.54) is 43.5 Å². The highest BCUT2D eigenvalue weighted by molar-refractivity contribution is 5.48. The highest BCUT2D eigenvalue weighted by Crippen LogP contribution is 2.46. The second-order valence-electron chi connectivity index (χ2n) is 9.97. The molecule has 2 aliphatic rings. The van der Waals surface area contributed by atoms with Gasteiger partial charge in [0.15, 0.2) is 0 Å². The Kier molecular flexibility index (Phi) is 6.42. The second-order valence-corrected chi connectivity index (χ2v) is 9.97. The number of likely N-dealkylation sites (tertiary alicyclic amines) is 1. The number of hydrogen-bond acceptors (Lipinski definition) is 6. The maximum absolute atomic E-state index is 12.7. The molecule has 2 aromatic heterocycles. The van der Waals surface area contributed by atoms with Crippen LogP contribution in [0.2, 0.25) is 0 Å². The van der Waals surface area contributed by atoms with E-state index in [-0.39, 0.29) is 11.3 Å². The molecule has 3 aromatic rings. The van der Waals surface area contributed by atoms with Gasteiger partial charge in [-0.3, -0.25) is 0 Å². The summed E-state index contributed by atoms with van der Waals surface area (Å²) in [4.78, 5) is 11.5. The Morgan fingerprint density at radius 1 is 1.03 bits per heavy atom. The smallest absolute Gasteiger partial charge is 0.314 e. The van der Waals surface area contributed by atoms with Gasteiger partial charge >= 0.3 is 6.43 Å². The van der Waals surface area contributed by atoms with Crippen molar-refractivity contribution < 1.29 is 13.2 Å². The Morgan fingerprint density at radius 2 is 1.71 bits per heavy atom. The van der Waals surface area contributed by atoms with Gasteiger partial charge in [0.1, 0.15) is 5.82 Å². The van der Waals surface area contributed by atoms with Gasteiger partial charge in [-0.25, -0.2) is 9.97 Å². The third kappa shape index (κ3) is 4.60. The van der Waals surface area contributed by atoms with Crippen LogP contribution >= 0.6 is 0 Å². The normalized spacial score (nSPS) is 19.0. The number of piperidine rings is 1. The Hall–Kier alpha value is -2.74. The van der Waals surface area contributed by atoms with Gasteiger partial charge in [0.2, 0.25) is 0 Å². The van der Waals surface area contributed by atoms with Gasteiger partial charge in [0.25, 0.3) is 11.8 Å². The molecule has 34 heavy (non-hydrogen) atoms. The van der Waals surface area contributed by atoms with Crippen LogP contribution in [0.15, 0.2) is 41.1 Å². The van der Waals surface area contributed by atoms with Crippen molar-refractivity contribution in [3.05, 3.63) is 59.5 Å². The fourth-order valence-electron chi connectivity index (χ4n) is 5.33. The van der Waals surface area contributed by atoms with Gasteiger partial charge in [0.05, 0.1) is 5.56 Å². The Labute approximate surface area is 198 Å². The van der Waals surface area contributed by atoms with E-state index in [9.17, 15) is 8.78 Å². The van der Waals surface area contributed by atoms with Crippen molar-refractivity contribution in [1.29, 1.82) is 0 Å². The first-order valence-corrected chi connectivity index (χ1v) is 12.2. The number of aromatic nitrogens is 4. The molecule has 0 unspecified atom stereocenters. The quantitative estimate of drug-likeness (QED) is 0.443. The first-order chi connectivity index (χ1) is 16.4. The van der Waals surface area contributed by atoms with Crippen LogP contribution in [0, 0.1) is 0 Å². The van der Waals surface area contributed by atoms with Crippen LogP contribution in [-0.4, -0.2) is 44.2 Å². The van der Waals surface area contributed by atoms with Crippen molar-refractivity contribution >= 4 is 0 Å². The molecule has 1 aromatic carbocycles. The molecule has 1 aliphatic heterocycles. The monoisotopic (exact) mass is 467 g/mol. The lowest BCUT2D eigenvalue weighted by molar-refractivity contribution is 0.116. The summed E-state index contributed by atoms with van der Waals surface area (Å²) in [7, 11) is 0. The first-order valence-electron chi connectivity index (χ1n) is 12.2. The van der Waals surface area contributed by atoms with E-state index in [0.29, 0.717) is 17.5 Å². The Balaban J connectivity index is 1.26. The molecule has 180 valence electrons. The zero-order chi connectivity index (χ0) is 23.7. The van der Waals surface area contributed by atoms with Crippen molar-refractivity contribution in [3.63, 3.8) is 0 Å². The molecule has 0 amide bonds. The molecule has 6 nitrogen and oxygen atoms in total. The van der Waals surface area contributed by atoms with Gasteiger partial charge < -0.3 is 9.32 Å². The summed E-state index contributed by atoms with van der Waals surface area (Å²) in [5.41, 5.74) is 3.31. The zero-order valence-electron chi connectivity index (χ0n) is 19.8. The summed E-state index contributed by atoms with van der Waals surface area (Å²) in [6, 6.07) is 9.89. The van der Waals surface area contributed by atoms with Crippen LogP contribution < -0.4 is 0 Å². The van der Waals surface area contributed by atoms with Gasteiger partial charge in [-0.05, 0) is 69.7 Å². The van der Waals surface area contributed by atoms with Gasteiger partial charge in [-0.15, -0.1) is 10.2 Å². The lowest BCUT2D eigenvalue weighted by Crippen LogP contribution is -2.38. The van der Waals surface area contributed by atoms with E-state index in [1.807, 2.05) is 0 Å². The van der Waals surface area contributed by atoms with Crippen molar-refractivity contribution in [1.82, 2.24) is 25.1 Å². The summed E-state index contributed by atoms with van der Waals surface area (Å²) < 4.78 is 30.4. The fourth-order valence-corrected chi connectivity index (χ4v) is 5.33. The molecule has 0 bridgehead atoms. The predicted octanol–water partition coefficient (Wildman–Crippen LogP) is 5.72. The highest BCUT2D eigenvalue weighted by atomic mass is 19.3. The maximum Gasteiger partial charge on any atom is 0.314 e. The minimum Gasteiger partial charge on any atom is -0.415 e. The van der Waals surface area contributed by atoms with Crippen molar-refractivity contribution in [2.75, 3.05) is 13.1 Å². The van der Waals surface area contributed by atoms with Crippen molar-refractivity contribution in [3.8, 4) is 11.5 Å². The second kappa shape index (κ2) is 9.49. The SMILES string of the molecule is CC(C)N1CCC(c2ccc(C3(Cc4ncc(-c5nnc(C(F)F)o5)cn4)CCC3)cc2)CC1. The largest absolute Gasteiger partial charge is 0.415 e. The number of hydrogen-bond donors (Lipinski definition) is 0. The molecule has 2 fully saturated rings. The number of halogens is 2. The van der Waals surface area contributed by atoms with Crippen LogP contribution in [0.25, 0.3) is 11.5 Å². The molecule has 0 radical (unpaired) electrons. The van der Waals surface area contributed by atoms with Crippen LogP contribution in [-0.2, 0) is 11.8 Å². The number of alkyl halides is 2. The van der Waals surface area contributed by atoms with Crippen LogP contribution in [0.1, 0.15) is 81.1 Å². The molecule has 1 aliphatic carbocycles. The average molecular weight is 468 g/mol. The van der Waals surface area contributed by atoms with Crippen molar-refractivity contribution in [2.45, 2.75) is 76.2 Å². The van der Waals surface area contributed by atoms with E-state index < -0.39 is 12.3 Å². The summed E-state index contributed by atoms with van der Waals surface area (Å²) in [6.07, 6.45) is 6.99. The molecule has 0 N–H and O–H groups in total. The van der Waals surface area contributed by atoms with E-state index in [2.05, 4.69) is 63.2 Å². The molecule has 8 heteroatoms. The van der Waals surface area contributed by atoms with Crippen LogP contribution in [0.5, 0.6) is 0 Å². The van der Waals surface area contributed by atoms with Crippen LogP contribution in [0.4, 0.5) is 8.78 Å². The van der Waals surface area contributed by atoms with E-state index in [0.717, 1.165) is 25.1 Å². The summed E-state index contributed by atoms with van der Waals surface area (Å²) in [5, 5.41) is 7.03. The molecule has 0 atom stereocenters. The molecule has 0 spiro atoms. The molecule has 5 rings (SSSR count). The molecule has 1 saturated carbocycles. The first kappa shape index (κ1) is 23.0. The number of nitrogens with zero attached hydrogens (tertiary/aromatic N) is 5. The van der Waals surface area contributed by atoms with Gasteiger partial charge in [-0.1, -0.05) is 30.7 Å². The summed E-state index contributed by atoms with van der Waals surface area (Å²) >= 11 is 0. The lowest BCUT2D eigenvalue weighted by Gasteiger charge is -2.42. The molecule has 1 saturated heterocycles. The predicted molar refractivity (Wildman–Crippen MR) is 125 cm³/mol. The summed E-state index contributed by atoms with van der Waals surface area (Å²) in [6.45, 7) is 6.90. The summed E-state index contributed by atoms with van der Waals surface area (Å²) in [5.74, 6) is 0.700. The Bertz CT molecular complexity index is 1090. The third-order valence-corrected chi connectivity index (χ3v) is 7.64. The highest BCUT2D eigenvalue weighted by Gasteiger charge is 2.39. The third-order valence-electron chi connectivity index (χ3n) is 7.64. The van der Waals surface area contributed by atoms with E-state index >= 15 is 0 Å². The average Bonchev–Trinajstić information content (AvgIpc) is 3.33. The minimum absolute atomic E-state index is 0.00928. The van der Waals surface area contributed by atoms with Crippen LogP contribution in [0.3, 0.4) is 0 Å². The van der Waals surface area contributed by atoms with Gasteiger partial charge in [0, 0.05) is 30.3 Å². The van der Waals surface area contributed by atoms with E-state index in [4.69, 9.17) is 4.42 Å². The molecular weight excluding hydrogens is 436 g/mol. The lowest BCUT2D eigenvalue weighted by atomic mass is 9.62. The van der Waals surface area contributed by atoms with Crippen molar-refractivity contribution in [2.24, 2.45) is 0 Å². The maximum atomic E-state index is 12.7. The van der Waals surface area contributed by atoms with E-state index in [1.54, 1.807) is 12.4 Å². The zero-order valence-corrected chi connectivity index (χ0v) is 19.8. The van der Waals surface area contributed by atoms with Gasteiger partial charge in [-0.2, -0.15) is 8.78 Å². The molecular formula is C26H31F2N5O. The Morgan fingerprint density at radius 3 is 2.24 bits per heavy atom.